The largest absolute Gasteiger partial charge is 0.393 e. The summed E-state index contributed by atoms with van der Waals surface area (Å²) in [6.45, 7) is 0. The Morgan fingerprint density at radius 2 is 2.22 bits per heavy atom. The number of halogens is 1. The Hall–Kier alpha value is -1.20. The van der Waals surface area contributed by atoms with Gasteiger partial charge in [-0.1, -0.05) is 28.1 Å². The van der Waals surface area contributed by atoms with Gasteiger partial charge >= 0.3 is 0 Å². The Kier molecular flexibility index (Phi) is 2.75. The van der Waals surface area contributed by atoms with Crippen LogP contribution in [0.1, 0.15) is 24.2 Å². The Morgan fingerprint density at radius 3 is 2.78 bits per heavy atom. The van der Waals surface area contributed by atoms with Crippen LogP contribution in [0.3, 0.4) is 0 Å². The molecule has 3 rings (SSSR count). The first-order valence-electron chi connectivity index (χ1n) is 5.90. The third-order valence-corrected chi connectivity index (χ3v) is 4.18. The molecule has 1 aromatic carbocycles. The van der Waals surface area contributed by atoms with Gasteiger partial charge in [-0.05, 0) is 30.5 Å². The van der Waals surface area contributed by atoms with Crippen LogP contribution in [0.2, 0.25) is 0 Å². The first-order valence-corrected chi connectivity index (χ1v) is 6.70. The minimum absolute atomic E-state index is 0.200. The van der Waals surface area contributed by atoms with Gasteiger partial charge in [0.05, 0.1) is 11.5 Å². The molecular formula is C13H14BrN3O. The molecule has 1 saturated carbocycles. The molecule has 1 aliphatic carbocycles. The SMILES string of the molecule is Cn1cnnc1[C@]1(c2cccc(Br)c2)C[C@@H](O)C1. The number of aliphatic hydroxyl groups is 1. The van der Waals surface area contributed by atoms with Crippen LogP contribution >= 0.6 is 15.9 Å². The van der Waals surface area contributed by atoms with E-state index in [4.69, 9.17) is 0 Å². The molecule has 4 nitrogen and oxygen atoms in total. The lowest BCUT2D eigenvalue weighted by atomic mass is 9.62. The zero-order valence-corrected chi connectivity index (χ0v) is 11.6. The van der Waals surface area contributed by atoms with Crippen molar-refractivity contribution in [3.05, 3.63) is 46.5 Å². The molecule has 1 aliphatic rings. The molecule has 0 bridgehead atoms. The number of nitrogens with zero attached hydrogens (tertiary/aromatic N) is 3. The van der Waals surface area contributed by atoms with Crippen LogP contribution in [0.25, 0.3) is 0 Å². The van der Waals surface area contributed by atoms with E-state index in [9.17, 15) is 5.11 Å². The van der Waals surface area contributed by atoms with Gasteiger partial charge < -0.3 is 9.67 Å². The monoisotopic (exact) mass is 307 g/mol. The first-order chi connectivity index (χ1) is 8.62. The summed E-state index contributed by atoms with van der Waals surface area (Å²) in [6, 6.07) is 8.21. The van der Waals surface area contributed by atoms with Crippen molar-refractivity contribution < 1.29 is 5.11 Å². The van der Waals surface area contributed by atoms with E-state index in [2.05, 4.69) is 38.3 Å². The lowest BCUT2D eigenvalue weighted by Gasteiger charge is -2.44. The maximum Gasteiger partial charge on any atom is 0.143 e. The highest BCUT2D eigenvalue weighted by atomic mass is 79.9. The molecule has 1 aromatic heterocycles. The minimum Gasteiger partial charge on any atom is -0.393 e. The van der Waals surface area contributed by atoms with Gasteiger partial charge in [0.1, 0.15) is 12.2 Å². The van der Waals surface area contributed by atoms with Crippen molar-refractivity contribution in [1.82, 2.24) is 14.8 Å². The maximum absolute atomic E-state index is 9.73. The topological polar surface area (TPSA) is 50.9 Å². The molecule has 18 heavy (non-hydrogen) atoms. The molecule has 0 saturated heterocycles. The van der Waals surface area contributed by atoms with Crippen molar-refractivity contribution in [1.29, 1.82) is 0 Å². The van der Waals surface area contributed by atoms with Crippen LogP contribution in [-0.2, 0) is 12.5 Å². The summed E-state index contributed by atoms with van der Waals surface area (Å²) in [4.78, 5) is 0. The van der Waals surface area contributed by atoms with Crippen LogP contribution in [0.4, 0.5) is 0 Å². The Labute approximate surface area is 114 Å². The average Bonchev–Trinajstić information content (AvgIpc) is 2.71. The van der Waals surface area contributed by atoms with E-state index in [1.807, 2.05) is 23.7 Å². The van der Waals surface area contributed by atoms with Gasteiger partial charge in [-0.3, -0.25) is 0 Å². The average molecular weight is 308 g/mol. The third kappa shape index (κ3) is 1.69. The second-order valence-corrected chi connectivity index (χ2v) is 5.84. The lowest BCUT2D eigenvalue weighted by Crippen LogP contribution is -2.47. The molecule has 94 valence electrons. The molecule has 0 spiro atoms. The number of aryl methyl sites for hydroxylation is 1. The van der Waals surface area contributed by atoms with E-state index in [0.29, 0.717) is 12.8 Å². The van der Waals surface area contributed by atoms with Crippen molar-refractivity contribution >= 4 is 15.9 Å². The summed E-state index contributed by atoms with van der Waals surface area (Å²) in [5.41, 5.74) is 0.979. The van der Waals surface area contributed by atoms with Crippen molar-refractivity contribution in [2.75, 3.05) is 0 Å². The summed E-state index contributed by atoms with van der Waals surface area (Å²) >= 11 is 3.50. The fourth-order valence-electron chi connectivity index (χ4n) is 2.79. The molecule has 0 atom stereocenters. The second kappa shape index (κ2) is 4.17. The number of hydrogen-bond donors (Lipinski definition) is 1. The van der Waals surface area contributed by atoms with E-state index < -0.39 is 0 Å². The summed E-state index contributed by atoms with van der Waals surface area (Å²) in [5.74, 6) is 0.922. The molecule has 1 fully saturated rings. The van der Waals surface area contributed by atoms with E-state index in [-0.39, 0.29) is 11.5 Å². The van der Waals surface area contributed by atoms with E-state index in [0.717, 1.165) is 10.3 Å². The molecule has 2 aromatic rings. The van der Waals surface area contributed by atoms with E-state index in [1.165, 1.54) is 5.56 Å². The number of rotatable bonds is 2. The van der Waals surface area contributed by atoms with Crippen LogP contribution in [0.15, 0.2) is 35.1 Å². The fraction of sp³-hybridized carbons (Fsp3) is 0.385. The number of aromatic nitrogens is 3. The second-order valence-electron chi connectivity index (χ2n) is 4.92. The molecule has 1 heterocycles. The van der Waals surface area contributed by atoms with Crippen molar-refractivity contribution in [2.45, 2.75) is 24.4 Å². The van der Waals surface area contributed by atoms with Crippen LogP contribution < -0.4 is 0 Å². The predicted octanol–water partition coefficient (Wildman–Crippen LogP) is 2.02. The summed E-state index contributed by atoms with van der Waals surface area (Å²) in [7, 11) is 1.94. The molecule has 1 N–H and O–H groups in total. The summed E-state index contributed by atoms with van der Waals surface area (Å²) in [6.07, 6.45) is 2.87. The van der Waals surface area contributed by atoms with Crippen LogP contribution in [0, 0.1) is 0 Å². The highest BCUT2D eigenvalue weighted by Crippen LogP contribution is 2.48. The Morgan fingerprint density at radius 1 is 1.44 bits per heavy atom. The van der Waals surface area contributed by atoms with Crippen molar-refractivity contribution in [2.24, 2.45) is 7.05 Å². The van der Waals surface area contributed by atoms with Crippen molar-refractivity contribution in [3.8, 4) is 0 Å². The standard InChI is InChI=1S/C13H14BrN3O/c1-17-8-15-16-12(17)13(6-11(18)7-13)9-3-2-4-10(14)5-9/h2-5,8,11,18H,6-7H2,1H3/t11-,13-. The van der Waals surface area contributed by atoms with E-state index >= 15 is 0 Å². The van der Waals surface area contributed by atoms with Gasteiger partial charge in [-0.2, -0.15) is 0 Å². The molecule has 5 heteroatoms. The number of hydrogen-bond acceptors (Lipinski definition) is 3. The predicted molar refractivity (Wildman–Crippen MR) is 71.2 cm³/mol. The Balaban J connectivity index is 2.11. The van der Waals surface area contributed by atoms with Gasteiger partial charge in [0.2, 0.25) is 0 Å². The highest BCUT2D eigenvalue weighted by Gasteiger charge is 2.49. The fourth-order valence-corrected chi connectivity index (χ4v) is 3.19. The van der Waals surface area contributed by atoms with Gasteiger partial charge in [0.15, 0.2) is 0 Å². The molecular weight excluding hydrogens is 294 g/mol. The van der Waals surface area contributed by atoms with Gasteiger partial charge in [0, 0.05) is 11.5 Å². The highest BCUT2D eigenvalue weighted by molar-refractivity contribution is 9.10. The quantitative estimate of drug-likeness (QED) is 0.923. The number of benzene rings is 1. The van der Waals surface area contributed by atoms with Crippen LogP contribution in [0.5, 0.6) is 0 Å². The first kappa shape index (κ1) is 11.9. The maximum atomic E-state index is 9.73. The summed E-state index contributed by atoms with van der Waals surface area (Å²) < 4.78 is 2.98. The lowest BCUT2D eigenvalue weighted by molar-refractivity contribution is 0.0323. The van der Waals surface area contributed by atoms with Crippen molar-refractivity contribution in [3.63, 3.8) is 0 Å². The van der Waals surface area contributed by atoms with Gasteiger partial charge in [-0.25, -0.2) is 0 Å². The van der Waals surface area contributed by atoms with Gasteiger partial charge in [-0.15, -0.1) is 10.2 Å². The minimum atomic E-state index is -0.249. The molecule has 0 amide bonds. The van der Waals surface area contributed by atoms with Gasteiger partial charge in [0.25, 0.3) is 0 Å². The molecule has 0 aliphatic heterocycles. The number of aliphatic hydroxyl groups excluding tert-OH is 1. The normalized spacial score (nSPS) is 26.9. The molecule has 0 radical (unpaired) electrons. The summed E-state index contributed by atoms with van der Waals surface area (Å²) in [5, 5.41) is 17.9. The third-order valence-electron chi connectivity index (χ3n) is 3.68. The van der Waals surface area contributed by atoms with Crippen LogP contribution in [-0.4, -0.2) is 26.0 Å². The molecule has 0 unspecified atom stereocenters. The Bertz CT molecular complexity index is 575. The zero-order chi connectivity index (χ0) is 12.8. The smallest absolute Gasteiger partial charge is 0.143 e. The zero-order valence-electron chi connectivity index (χ0n) is 10.0. The van der Waals surface area contributed by atoms with E-state index in [1.54, 1.807) is 6.33 Å².